The van der Waals surface area contributed by atoms with Crippen LogP contribution in [0.4, 0.5) is 4.79 Å². The molecule has 24 heavy (non-hydrogen) atoms. The zero-order chi connectivity index (χ0) is 17.1. The summed E-state index contributed by atoms with van der Waals surface area (Å²) in [6.07, 6.45) is 2.78. The first-order valence-electron chi connectivity index (χ1n) is 8.46. The van der Waals surface area contributed by atoms with Gasteiger partial charge in [0.1, 0.15) is 0 Å². The average Bonchev–Trinajstić information content (AvgIpc) is 2.55. The summed E-state index contributed by atoms with van der Waals surface area (Å²) in [5.41, 5.74) is 1.28. The summed E-state index contributed by atoms with van der Waals surface area (Å²) in [4.78, 5) is 27.4. The molecule has 0 unspecified atom stereocenters. The molecule has 0 bridgehead atoms. The lowest BCUT2D eigenvalue weighted by Gasteiger charge is -2.42. The van der Waals surface area contributed by atoms with E-state index in [0.29, 0.717) is 24.6 Å². The number of nitrogens with zero attached hydrogens (tertiary/aromatic N) is 2. The van der Waals surface area contributed by atoms with E-state index in [-0.39, 0.29) is 12.1 Å². The first kappa shape index (κ1) is 16.8. The fourth-order valence-corrected chi connectivity index (χ4v) is 3.49. The van der Waals surface area contributed by atoms with Crippen LogP contribution in [0.25, 0.3) is 0 Å². The number of aromatic carboxylic acids is 1. The third-order valence-corrected chi connectivity index (χ3v) is 5.09. The van der Waals surface area contributed by atoms with Crippen LogP contribution in [0.2, 0.25) is 0 Å². The molecule has 0 radical (unpaired) electrons. The second kappa shape index (κ2) is 7.21. The Kier molecular flexibility index (Phi) is 5.04. The molecule has 2 heterocycles. The van der Waals surface area contributed by atoms with Crippen molar-refractivity contribution in [3.8, 4) is 0 Å². The number of carboxylic acid groups (broad SMARTS) is 1. The van der Waals surface area contributed by atoms with E-state index in [2.05, 4.69) is 0 Å². The second-order valence-corrected chi connectivity index (χ2v) is 6.64. The van der Waals surface area contributed by atoms with E-state index in [1.807, 2.05) is 21.9 Å². The lowest BCUT2D eigenvalue weighted by Crippen LogP contribution is -2.59. The highest BCUT2D eigenvalue weighted by atomic mass is 16.5. The maximum absolute atomic E-state index is 12.4. The summed E-state index contributed by atoms with van der Waals surface area (Å²) in [5, 5.41) is 9.28. The van der Waals surface area contributed by atoms with Gasteiger partial charge in [-0.3, -0.25) is 0 Å². The SMILES string of the molecule is COC1CN(C(=O)N2CCC(Cc3ccccc3C(=O)O)CC2)C1. The molecule has 1 N–H and O–H groups in total. The van der Waals surface area contributed by atoms with Gasteiger partial charge in [0.15, 0.2) is 0 Å². The van der Waals surface area contributed by atoms with Crippen LogP contribution in [0, 0.1) is 5.92 Å². The first-order valence-corrected chi connectivity index (χ1v) is 8.46. The highest BCUT2D eigenvalue weighted by molar-refractivity contribution is 5.89. The van der Waals surface area contributed by atoms with Crippen LogP contribution in [0.15, 0.2) is 24.3 Å². The number of amides is 2. The van der Waals surface area contributed by atoms with Gasteiger partial charge < -0.3 is 19.6 Å². The molecule has 0 saturated carbocycles. The summed E-state index contributed by atoms with van der Waals surface area (Å²) >= 11 is 0. The molecule has 3 rings (SSSR count). The number of likely N-dealkylation sites (tertiary alicyclic amines) is 2. The van der Waals surface area contributed by atoms with Crippen molar-refractivity contribution in [1.29, 1.82) is 0 Å². The highest BCUT2D eigenvalue weighted by Crippen LogP contribution is 2.25. The van der Waals surface area contributed by atoms with Crippen molar-refractivity contribution < 1.29 is 19.4 Å². The summed E-state index contributed by atoms with van der Waals surface area (Å²) < 4.78 is 5.21. The Labute approximate surface area is 142 Å². The predicted octanol–water partition coefficient (Wildman–Crippen LogP) is 2.09. The Bertz CT molecular complexity index is 605. The van der Waals surface area contributed by atoms with Gasteiger partial charge in [0, 0.05) is 20.2 Å². The second-order valence-electron chi connectivity index (χ2n) is 6.64. The molecule has 2 amide bonds. The summed E-state index contributed by atoms with van der Waals surface area (Å²) in [7, 11) is 1.67. The Morgan fingerprint density at radius 2 is 1.83 bits per heavy atom. The number of ether oxygens (including phenoxy) is 1. The molecule has 130 valence electrons. The normalized spacial score (nSPS) is 19.2. The van der Waals surface area contributed by atoms with Crippen LogP contribution in [-0.4, -0.2) is 66.3 Å². The van der Waals surface area contributed by atoms with Gasteiger partial charge in [0.25, 0.3) is 0 Å². The molecule has 2 saturated heterocycles. The molecular weight excluding hydrogens is 308 g/mol. The van der Waals surface area contributed by atoms with Crippen molar-refractivity contribution in [1.82, 2.24) is 9.80 Å². The number of hydrogen-bond acceptors (Lipinski definition) is 3. The Hall–Kier alpha value is -2.08. The average molecular weight is 332 g/mol. The van der Waals surface area contributed by atoms with Gasteiger partial charge in [-0.15, -0.1) is 0 Å². The number of rotatable bonds is 4. The predicted molar refractivity (Wildman–Crippen MR) is 89.2 cm³/mol. The van der Waals surface area contributed by atoms with Crippen molar-refractivity contribution in [2.75, 3.05) is 33.3 Å². The molecule has 0 aliphatic carbocycles. The molecule has 6 nitrogen and oxygen atoms in total. The molecule has 1 aromatic rings. The van der Waals surface area contributed by atoms with Gasteiger partial charge in [0.2, 0.25) is 0 Å². The lowest BCUT2D eigenvalue weighted by atomic mass is 9.88. The van der Waals surface area contributed by atoms with Crippen LogP contribution in [0.3, 0.4) is 0 Å². The van der Waals surface area contributed by atoms with E-state index in [0.717, 1.165) is 37.9 Å². The van der Waals surface area contributed by atoms with Crippen molar-refractivity contribution in [3.05, 3.63) is 35.4 Å². The number of carbonyl (C=O) groups is 2. The van der Waals surface area contributed by atoms with Crippen molar-refractivity contribution >= 4 is 12.0 Å². The molecule has 2 aliphatic rings. The quantitative estimate of drug-likeness (QED) is 0.916. The fraction of sp³-hybridized carbons (Fsp3) is 0.556. The van der Waals surface area contributed by atoms with Gasteiger partial charge >= 0.3 is 12.0 Å². The van der Waals surface area contributed by atoms with Gasteiger partial charge in [-0.05, 0) is 36.8 Å². The number of carboxylic acids is 1. The van der Waals surface area contributed by atoms with Crippen LogP contribution >= 0.6 is 0 Å². The number of urea groups is 1. The molecule has 0 atom stereocenters. The van der Waals surface area contributed by atoms with Crippen molar-refractivity contribution in [3.63, 3.8) is 0 Å². The van der Waals surface area contributed by atoms with Gasteiger partial charge in [-0.25, -0.2) is 9.59 Å². The number of carbonyl (C=O) groups excluding carboxylic acids is 1. The van der Waals surface area contributed by atoms with E-state index < -0.39 is 5.97 Å². The Morgan fingerprint density at radius 3 is 2.46 bits per heavy atom. The topological polar surface area (TPSA) is 70.1 Å². The van der Waals surface area contributed by atoms with Gasteiger partial charge in [0.05, 0.1) is 24.8 Å². The smallest absolute Gasteiger partial charge is 0.335 e. The van der Waals surface area contributed by atoms with Crippen molar-refractivity contribution in [2.24, 2.45) is 5.92 Å². The number of benzene rings is 1. The highest BCUT2D eigenvalue weighted by Gasteiger charge is 2.34. The summed E-state index contributed by atoms with van der Waals surface area (Å²) in [5.74, 6) is -0.443. The Balaban J connectivity index is 1.51. The number of hydrogen-bond donors (Lipinski definition) is 1. The number of piperidine rings is 1. The Morgan fingerprint density at radius 1 is 1.17 bits per heavy atom. The third-order valence-electron chi connectivity index (χ3n) is 5.09. The molecule has 0 spiro atoms. The minimum absolute atomic E-state index is 0.104. The fourth-order valence-electron chi connectivity index (χ4n) is 3.49. The van der Waals surface area contributed by atoms with E-state index in [1.165, 1.54) is 0 Å². The van der Waals surface area contributed by atoms with Gasteiger partial charge in [-0.1, -0.05) is 18.2 Å². The first-order chi connectivity index (χ1) is 11.6. The lowest BCUT2D eigenvalue weighted by molar-refractivity contribution is -0.0173. The van der Waals surface area contributed by atoms with Crippen LogP contribution < -0.4 is 0 Å². The van der Waals surface area contributed by atoms with Crippen molar-refractivity contribution in [2.45, 2.75) is 25.4 Å². The molecule has 2 fully saturated rings. The zero-order valence-corrected chi connectivity index (χ0v) is 14.0. The van der Waals surface area contributed by atoms with Crippen LogP contribution in [0.5, 0.6) is 0 Å². The van der Waals surface area contributed by atoms with E-state index in [9.17, 15) is 14.7 Å². The summed E-state index contributed by atoms with van der Waals surface area (Å²) in [6.45, 7) is 2.85. The monoisotopic (exact) mass is 332 g/mol. The summed E-state index contributed by atoms with van der Waals surface area (Å²) in [6, 6.07) is 7.30. The largest absolute Gasteiger partial charge is 0.478 e. The van der Waals surface area contributed by atoms with E-state index in [1.54, 1.807) is 19.2 Å². The molecular formula is C18H24N2O4. The molecule has 6 heteroatoms. The molecule has 0 aromatic heterocycles. The minimum atomic E-state index is -0.872. The number of methoxy groups -OCH3 is 1. The molecule has 1 aromatic carbocycles. The maximum atomic E-state index is 12.4. The third kappa shape index (κ3) is 3.53. The maximum Gasteiger partial charge on any atom is 0.335 e. The standard InChI is InChI=1S/C18H24N2O4/c1-24-15-11-20(12-15)18(23)19-8-6-13(7-9-19)10-14-4-2-3-5-16(14)17(21)22/h2-5,13,15H,6-12H2,1H3,(H,21,22). The van der Waals surface area contributed by atoms with Gasteiger partial charge in [-0.2, -0.15) is 0 Å². The van der Waals surface area contributed by atoms with E-state index >= 15 is 0 Å². The van der Waals surface area contributed by atoms with E-state index in [4.69, 9.17) is 4.74 Å². The van der Waals surface area contributed by atoms with Crippen LogP contribution in [-0.2, 0) is 11.2 Å². The molecule has 2 aliphatic heterocycles. The van der Waals surface area contributed by atoms with Crippen LogP contribution in [0.1, 0.15) is 28.8 Å². The zero-order valence-electron chi connectivity index (χ0n) is 14.0. The minimum Gasteiger partial charge on any atom is -0.478 e.